The van der Waals surface area contributed by atoms with Gasteiger partial charge < -0.3 is 14.8 Å². The van der Waals surface area contributed by atoms with Gasteiger partial charge in [-0.05, 0) is 50.5 Å². The van der Waals surface area contributed by atoms with Crippen molar-refractivity contribution in [3.8, 4) is 11.5 Å². The smallest absolute Gasteiger partial charge is 0.232 e. The lowest BCUT2D eigenvalue weighted by molar-refractivity contribution is -0.121. The third kappa shape index (κ3) is 5.24. The number of nitrogens with zero attached hydrogens (tertiary/aromatic N) is 1. The number of carbonyl (C=O) groups excluding carboxylic acids is 1. The van der Waals surface area contributed by atoms with Gasteiger partial charge in [-0.1, -0.05) is 23.8 Å². The number of benzene rings is 2. The fraction of sp³-hybridized carbons (Fsp3) is 0.409. The minimum Gasteiger partial charge on any atom is -0.454 e. The molecule has 0 radical (unpaired) electrons. The molecule has 1 aliphatic heterocycles. The highest BCUT2D eigenvalue weighted by atomic mass is 32.2. The second kappa shape index (κ2) is 8.95. The van der Waals surface area contributed by atoms with Crippen molar-refractivity contribution in [1.82, 2.24) is 5.32 Å². The number of aryl methyl sites for hydroxylation is 2. The molecule has 162 valence electrons. The van der Waals surface area contributed by atoms with Crippen LogP contribution in [0, 0.1) is 13.8 Å². The van der Waals surface area contributed by atoms with Gasteiger partial charge in [0, 0.05) is 19.0 Å². The van der Waals surface area contributed by atoms with E-state index >= 15 is 0 Å². The van der Waals surface area contributed by atoms with Crippen LogP contribution in [0.1, 0.15) is 42.5 Å². The molecule has 0 saturated heterocycles. The molecule has 1 atom stereocenters. The summed E-state index contributed by atoms with van der Waals surface area (Å²) in [6.45, 7) is 6.33. The molecule has 1 N–H and O–H groups in total. The first-order valence-electron chi connectivity index (χ1n) is 9.89. The summed E-state index contributed by atoms with van der Waals surface area (Å²) in [4.78, 5) is 12.4. The Balaban J connectivity index is 1.59. The molecule has 0 aromatic heterocycles. The number of hydrogen-bond acceptors (Lipinski definition) is 5. The quantitative estimate of drug-likeness (QED) is 0.691. The lowest BCUT2D eigenvalue weighted by Crippen LogP contribution is -2.32. The largest absolute Gasteiger partial charge is 0.454 e. The van der Waals surface area contributed by atoms with E-state index in [0.29, 0.717) is 23.6 Å². The van der Waals surface area contributed by atoms with Gasteiger partial charge in [0.2, 0.25) is 22.7 Å². The van der Waals surface area contributed by atoms with Crippen molar-refractivity contribution in [2.24, 2.45) is 0 Å². The highest BCUT2D eigenvalue weighted by Gasteiger charge is 2.22. The Morgan fingerprint density at radius 3 is 2.57 bits per heavy atom. The zero-order valence-corrected chi connectivity index (χ0v) is 18.6. The number of carbonyl (C=O) groups is 1. The van der Waals surface area contributed by atoms with Crippen molar-refractivity contribution in [1.29, 1.82) is 0 Å². The Morgan fingerprint density at radius 1 is 1.13 bits per heavy atom. The Bertz CT molecular complexity index is 1040. The van der Waals surface area contributed by atoms with E-state index < -0.39 is 10.0 Å². The Morgan fingerprint density at radius 2 is 1.87 bits per heavy atom. The van der Waals surface area contributed by atoms with Crippen LogP contribution in [0.2, 0.25) is 0 Å². The van der Waals surface area contributed by atoms with E-state index in [9.17, 15) is 13.2 Å². The zero-order chi connectivity index (χ0) is 21.9. The molecule has 1 amide bonds. The molecule has 0 unspecified atom stereocenters. The maximum atomic E-state index is 12.4. The molecule has 1 heterocycles. The third-order valence-electron chi connectivity index (χ3n) is 5.08. The van der Waals surface area contributed by atoms with Crippen LogP contribution < -0.4 is 19.1 Å². The Kier molecular flexibility index (Phi) is 6.55. The van der Waals surface area contributed by atoms with Crippen LogP contribution >= 0.6 is 0 Å². The van der Waals surface area contributed by atoms with E-state index in [0.717, 1.165) is 17.4 Å². The van der Waals surface area contributed by atoms with Gasteiger partial charge in [-0.3, -0.25) is 9.10 Å². The Hall–Kier alpha value is -2.74. The van der Waals surface area contributed by atoms with Gasteiger partial charge in [-0.25, -0.2) is 8.42 Å². The first kappa shape index (κ1) is 22.0. The van der Waals surface area contributed by atoms with E-state index in [1.165, 1.54) is 9.87 Å². The minimum atomic E-state index is -3.50. The average molecular weight is 433 g/mol. The number of anilines is 1. The first-order valence-corrected chi connectivity index (χ1v) is 11.7. The molecular weight excluding hydrogens is 404 g/mol. The molecule has 0 spiro atoms. The predicted molar refractivity (Wildman–Crippen MR) is 116 cm³/mol. The normalized spacial score (nSPS) is 13.7. The van der Waals surface area contributed by atoms with Crippen LogP contribution in [0.5, 0.6) is 11.5 Å². The van der Waals surface area contributed by atoms with Crippen molar-refractivity contribution >= 4 is 21.6 Å². The molecule has 1 aliphatic rings. The molecule has 0 fully saturated rings. The maximum absolute atomic E-state index is 12.4. The highest BCUT2D eigenvalue weighted by molar-refractivity contribution is 7.92. The van der Waals surface area contributed by atoms with E-state index in [4.69, 9.17) is 9.47 Å². The van der Waals surface area contributed by atoms with Crippen molar-refractivity contribution in [2.45, 2.75) is 39.7 Å². The lowest BCUT2D eigenvalue weighted by atomic mass is 10.00. The van der Waals surface area contributed by atoms with Crippen molar-refractivity contribution in [3.05, 3.63) is 53.1 Å². The fourth-order valence-corrected chi connectivity index (χ4v) is 4.57. The summed E-state index contributed by atoms with van der Waals surface area (Å²) in [5, 5.41) is 3.00. The van der Waals surface area contributed by atoms with Crippen molar-refractivity contribution in [2.75, 3.05) is 23.9 Å². The second-order valence-electron chi connectivity index (χ2n) is 7.63. The summed E-state index contributed by atoms with van der Waals surface area (Å²) >= 11 is 0. The second-order valence-corrected chi connectivity index (χ2v) is 9.53. The number of hydrogen-bond donors (Lipinski definition) is 1. The molecule has 7 nitrogen and oxygen atoms in total. The van der Waals surface area contributed by atoms with E-state index in [2.05, 4.69) is 11.4 Å². The summed E-state index contributed by atoms with van der Waals surface area (Å²) in [6, 6.07) is 11.0. The molecule has 2 aromatic carbocycles. The third-order valence-corrected chi connectivity index (χ3v) is 6.27. The molecule has 0 bridgehead atoms. The van der Waals surface area contributed by atoms with Gasteiger partial charge in [-0.15, -0.1) is 0 Å². The molecule has 30 heavy (non-hydrogen) atoms. The van der Waals surface area contributed by atoms with E-state index in [1.807, 2.05) is 32.9 Å². The van der Waals surface area contributed by atoms with Crippen molar-refractivity contribution in [3.63, 3.8) is 0 Å². The molecule has 8 heteroatoms. The van der Waals surface area contributed by atoms with Crippen molar-refractivity contribution < 1.29 is 22.7 Å². The minimum absolute atomic E-state index is 0.110. The lowest BCUT2D eigenvalue weighted by Gasteiger charge is -2.23. The molecule has 2 aromatic rings. The number of sulfonamides is 1. The molecule has 0 aliphatic carbocycles. The van der Waals surface area contributed by atoms with Crippen LogP contribution in [0.25, 0.3) is 0 Å². The van der Waals surface area contributed by atoms with Gasteiger partial charge in [0.05, 0.1) is 18.0 Å². The van der Waals surface area contributed by atoms with Crippen LogP contribution in [0.3, 0.4) is 0 Å². The van der Waals surface area contributed by atoms with Crippen LogP contribution in [-0.2, 0) is 14.8 Å². The number of nitrogens with one attached hydrogen (secondary N) is 1. The SMILES string of the molecule is Cc1ccc([C@H](C)NC(=O)CCCN(c2ccc3c(c2)OCO3)S(C)(=O)=O)c(C)c1. The van der Waals surface area contributed by atoms with Gasteiger partial charge >= 0.3 is 0 Å². The predicted octanol–water partition coefficient (Wildman–Crippen LogP) is 3.46. The number of amides is 1. The summed E-state index contributed by atoms with van der Waals surface area (Å²) in [6.07, 6.45) is 1.78. The highest BCUT2D eigenvalue weighted by Crippen LogP contribution is 2.36. The van der Waals surface area contributed by atoms with Crippen LogP contribution in [0.4, 0.5) is 5.69 Å². The Labute approximate surface area is 178 Å². The summed E-state index contributed by atoms with van der Waals surface area (Å²) in [7, 11) is -3.50. The number of ether oxygens (including phenoxy) is 2. The maximum Gasteiger partial charge on any atom is 0.232 e. The van der Waals surface area contributed by atoms with Gasteiger partial charge in [0.15, 0.2) is 11.5 Å². The molecule has 3 rings (SSSR count). The zero-order valence-electron chi connectivity index (χ0n) is 17.8. The number of rotatable bonds is 8. The standard InChI is InChI=1S/C22H28N2O5S/c1-15-7-9-19(16(2)12-15)17(3)23-22(25)6-5-11-24(30(4,26)27)18-8-10-20-21(13-18)29-14-28-20/h7-10,12-13,17H,5-6,11,14H2,1-4H3,(H,23,25)/t17-/m0/s1. The van der Waals surface area contributed by atoms with Crippen LogP contribution in [-0.4, -0.2) is 33.9 Å². The van der Waals surface area contributed by atoms with E-state index in [-0.39, 0.29) is 31.7 Å². The topological polar surface area (TPSA) is 84.9 Å². The fourth-order valence-electron chi connectivity index (χ4n) is 3.61. The van der Waals surface area contributed by atoms with Gasteiger partial charge in [0.25, 0.3) is 0 Å². The monoisotopic (exact) mass is 432 g/mol. The summed E-state index contributed by atoms with van der Waals surface area (Å²) in [5.41, 5.74) is 3.88. The summed E-state index contributed by atoms with van der Waals surface area (Å²) in [5.74, 6) is 0.995. The summed E-state index contributed by atoms with van der Waals surface area (Å²) < 4.78 is 36.5. The molecule has 0 saturated carbocycles. The average Bonchev–Trinajstić information content (AvgIpc) is 3.11. The molecular formula is C22H28N2O5S. The number of fused-ring (bicyclic) bond motifs is 1. The van der Waals surface area contributed by atoms with Gasteiger partial charge in [0.1, 0.15) is 0 Å². The van der Waals surface area contributed by atoms with E-state index in [1.54, 1.807) is 18.2 Å². The van der Waals surface area contributed by atoms with Crippen LogP contribution in [0.15, 0.2) is 36.4 Å². The first-order chi connectivity index (χ1) is 14.1. The van der Waals surface area contributed by atoms with Gasteiger partial charge in [-0.2, -0.15) is 0 Å².